The van der Waals surface area contributed by atoms with Gasteiger partial charge in [-0.05, 0) is 24.1 Å². The highest BCUT2D eigenvalue weighted by Crippen LogP contribution is 2.03. The van der Waals surface area contributed by atoms with Gasteiger partial charge in [-0.2, -0.15) is 0 Å². The number of esters is 1. The van der Waals surface area contributed by atoms with Gasteiger partial charge in [-0.1, -0.05) is 59.8 Å². The maximum Gasteiger partial charge on any atom is 0.340 e. The van der Waals surface area contributed by atoms with E-state index in [2.05, 4.69) is 10.0 Å². The molecule has 0 bridgehead atoms. The molecule has 0 fully saturated rings. The summed E-state index contributed by atoms with van der Waals surface area (Å²) in [5, 5.41) is 3.29. The zero-order valence-corrected chi connectivity index (χ0v) is 11.1. The molecule has 0 aliphatic carbocycles. The molecule has 0 radical (unpaired) electrons. The maximum atomic E-state index is 11.4. The zero-order chi connectivity index (χ0) is 14.6. The Hall–Kier alpha value is -2.78. The summed E-state index contributed by atoms with van der Waals surface area (Å²) in [7, 11) is 0. The molecule has 0 amide bonds. The van der Waals surface area contributed by atoms with Crippen LogP contribution in [0.15, 0.2) is 65.4 Å². The minimum absolute atomic E-state index is 0.0706. The van der Waals surface area contributed by atoms with Gasteiger partial charge in [0.05, 0.1) is 6.61 Å². The number of azide groups is 1. The predicted molar refractivity (Wildman–Crippen MR) is 78.5 cm³/mol. The van der Waals surface area contributed by atoms with Crippen LogP contribution in [0.5, 0.6) is 0 Å². The fourth-order valence-electron chi connectivity index (χ4n) is 1.34. The predicted octanol–water partition coefficient (Wildman–Crippen LogP) is 4.01. The molecule has 5 nitrogen and oxygen atoms in total. The van der Waals surface area contributed by atoms with E-state index in [9.17, 15) is 4.79 Å². The first-order valence-corrected chi connectivity index (χ1v) is 6.10. The Balaban J connectivity index is 2.67. The van der Waals surface area contributed by atoms with Crippen LogP contribution in [0.25, 0.3) is 16.5 Å². The van der Waals surface area contributed by atoms with Crippen molar-refractivity contribution in [1.82, 2.24) is 0 Å². The second kappa shape index (κ2) is 9.19. The van der Waals surface area contributed by atoms with Gasteiger partial charge in [0, 0.05) is 4.91 Å². The van der Waals surface area contributed by atoms with E-state index in [1.165, 1.54) is 6.08 Å². The molecule has 0 saturated carbocycles. The summed E-state index contributed by atoms with van der Waals surface area (Å²) in [5.41, 5.74) is 9.38. The van der Waals surface area contributed by atoms with Crippen LogP contribution in [-0.4, -0.2) is 12.6 Å². The van der Waals surface area contributed by atoms with Gasteiger partial charge in [0.2, 0.25) is 0 Å². The van der Waals surface area contributed by atoms with E-state index in [1.807, 2.05) is 42.5 Å². The third-order valence-corrected chi connectivity index (χ3v) is 2.20. The summed E-state index contributed by atoms with van der Waals surface area (Å²) in [6, 6.07) is 9.80. The number of carbonyl (C=O) groups is 1. The first-order valence-electron chi connectivity index (χ1n) is 6.10. The lowest BCUT2D eigenvalue weighted by Crippen LogP contribution is -2.05. The van der Waals surface area contributed by atoms with E-state index in [4.69, 9.17) is 10.3 Å². The summed E-state index contributed by atoms with van der Waals surface area (Å²) < 4.78 is 4.76. The van der Waals surface area contributed by atoms with E-state index in [0.717, 1.165) is 5.56 Å². The van der Waals surface area contributed by atoms with Crippen LogP contribution >= 0.6 is 0 Å². The number of benzene rings is 1. The monoisotopic (exact) mass is 269 g/mol. The highest BCUT2D eigenvalue weighted by Gasteiger charge is 2.06. The molecule has 0 aliphatic heterocycles. The number of allylic oxidation sites excluding steroid dienone is 4. The minimum Gasteiger partial charge on any atom is -0.462 e. The molecule has 0 aliphatic rings. The lowest BCUT2D eigenvalue weighted by atomic mass is 10.2. The number of rotatable bonds is 6. The van der Waals surface area contributed by atoms with E-state index in [0.29, 0.717) is 0 Å². The Labute approximate surface area is 117 Å². The smallest absolute Gasteiger partial charge is 0.340 e. The molecule has 0 atom stereocenters. The van der Waals surface area contributed by atoms with Crippen molar-refractivity contribution in [2.24, 2.45) is 5.11 Å². The van der Waals surface area contributed by atoms with Crippen molar-refractivity contribution in [1.29, 1.82) is 0 Å². The van der Waals surface area contributed by atoms with Gasteiger partial charge in [-0.3, -0.25) is 0 Å². The first-order chi connectivity index (χ1) is 9.77. The minimum atomic E-state index is -0.637. The summed E-state index contributed by atoms with van der Waals surface area (Å²) in [4.78, 5) is 14.0. The molecular formula is C15H15N3O2. The summed E-state index contributed by atoms with van der Waals surface area (Å²) in [6.07, 6.45) is 8.50. The number of carbonyl (C=O) groups excluding carboxylic acids is 1. The number of hydrogen-bond donors (Lipinski definition) is 0. The molecule has 0 N–H and O–H groups in total. The van der Waals surface area contributed by atoms with E-state index in [-0.39, 0.29) is 12.3 Å². The molecule has 0 saturated heterocycles. The number of hydrogen-bond acceptors (Lipinski definition) is 3. The van der Waals surface area contributed by atoms with Crippen molar-refractivity contribution in [2.45, 2.75) is 6.92 Å². The Bertz CT molecular complexity index is 568. The molecule has 20 heavy (non-hydrogen) atoms. The van der Waals surface area contributed by atoms with Gasteiger partial charge < -0.3 is 4.74 Å². The van der Waals surface area contributed by atoms with Crippen molar-refractivity contribution in [3.8, 4) is 0 Å². The van der Waals surface area contributed by atoms with Crippen LogP contribution in [0.3, 0.4) is 0 Å². The first kappa shape index (κ1) is 15.3. The van der Waals surface area contributed by atoms with Crippen LogP contribution in [0.2, 0.25) is 0 Å². The Morgan fingerprint density at radius 1 is 1.30 bits per heavy atom. The van der Waals surface area contributed by atoms with Gasteiger partial charge in [0.1, 0.15) is 5.70 Å². The third kappa shape index (κ3) is 5.71. The maximum absolute atomic E-state index is 11.4. The molecule has 0 aromatic heterocycles. The standard InChI is InChI=1S/C15H15N3O2/c1-2-20-15(19)14(17-18-16)12-8-4-7-11-13-9-5-3-6-10-13/h3-12H,2H2,1H3/b8-4+,11-7+,14-12-. The van der Waals surface area contributed by atoms with E-state index >= 15 is 0 Å². The SMILES string of the molecule is CCOC(=O)/C(=C/C=C/C=C/c1ccccc1)N=[N+]=[N-]. The van der Waals surface area contributed by atoms with Gasteiger partial charge in [-0.15, -0.1) is 0 Å². The average Bonchev–Trinajstić information content (AvgIpc) is 2.47. The zero-order valence-electron chi connectivity index (χ0n) is 11.1. The molecule has 0 spiro atoms. The van der Waals surface area contributed by atoms with Gasteiger partial charge >= 0.3 is 5.97 Å². The lowest BCUT2D eigenvalue weighted by molar-refractivity contribution is -0.138. The normalized spacial score (nSPS) is 11.6. The van der Waals surface area contributed by atoms with Crippen molar-refractivity contribution in [3.05, 3.63) is 76.3 Å². The van der Waals surface area contributed by atoms with E-state index in [1.54, 1.807) is 19.1 Å². The molecule has 0 unspecified atom stereocenters. The molecule has 1 aromatic rings. The Kier molecular flexibility index (Phi) is 7.02. The number of ether oxygens (including phenoxy) is 1. The van der Waals surface area contributed by atoms with Crippen molar-refractivity contribution >= 4 is 12.0 Å². The van der Waals surface area contributed by atoms with Gasteiger partial charge in [-0.25, -0.2) is 4.79 Å². The van der Waals surface area contributed by atoms with Crippen LogP contribution in [0.1, 0.15) is 12.5 Å². The van der Waals surface area contributed by atoms with Crippen molar-refractivity contribution in [2.75, 3.05) is 6.61 Å². The van der Waals surface area contributed by atoms with Crippen LogP contribution in [-0.2, 0) is 9.53 Å². The molecular weight excluding hydrogens is 254 g/mol. The quantitative estimate of drug-likeness (QED) is 0.195. The number of nitrogens with zero attached hydrogens (tertiary/aromatic N) is 3. The average molecular weight is 269 g/mol. The highest BCUT2D eigenvalue weighted by atomic mass is 16.5. The summed E-state index contributed by atoms with van der Waals surface area (Å²) >= 11 is 0. The topological polar surface area (TPSA) is 75.1 Å². The molecule has 0 heterocycles. The molecule has 5 heteroatoms. The van der Waals surface area contributed by atoms with Crippen molar-refractivity contribution in [3.63, 3.8) is 0 Å². The fourth-order valence-corrected chi connectivity index (χ4v) is 1.34. The van der Waals surface area contributed by atoms with Crippen molar-refractivity contribution < 1.29 is 9.53 Å². The van der Waals surface area contributed by atoms with Crippen LogP contribution in [0, 0.1) is 0 Å². The summed E-state index contributed by atoms with van der Waals surface area (Å²) in [5.74, 6) is -0.637. The second-order valence-corrected chi connectivity index (χ2v) is 3.62. The molecule has 102 valence electrons. The third-order valence-electron chi connectivity index (χ3n) is 2.20. The van der Waals surface area contributed by atoms with Crippen LogP contribution < -0.4 is 0 Å². The highest BCUT2D eigenvalue weighted by molar-refractivity contribution is 5.88. The fraction of sp³-hybridized carbons (Fsp3) is 0.133. The lowest BCUT2D eigenvalue weighted by Gasteiger charge is -1.98. The molecule has 1 aromatic carbocycles. The van der Waals surface area contributed by atoms with E-state index < -0.39 is 5.97 Å². The Morgan fingerprint density at radius 3 is 2.70 bits per heavy atom. The van der Waals surface area contributed by atoms with Crippen LogP contribution in [0.4, 0.5) is 0 Å². The van der Waals surface area contributed by atoms with Gasteiger partial charge in [0.25, 0.3) is 0 Å². The van der Waals surface area contributed by atoms with Gasteiger partial charge in [0.15, 0.2) is 0 Å². The largest absolute Gasteiger partial charge is 0.462 e. The Morgan fingerprint density at radius 2 is 2.05 bits per heavy atom. The molecule has 1 rings (SSSR count). The summed E-state index contributed by atoms with van der Waals surface area (Å²) in [6.45, 7) is 1.92. The second-order valence-electron chi connectivity index (χ2n) is 3.62.